The molecule has 0 saturated heterocycles. The molecule has 0 radical (unpaired) electrons. The molecule has 17 heteroatoms. The number of carbonyl (C=O) groups excluding carboxylic acids is 2. The first-order chi connectivity index (χ1) is 17.4. The molecule has 0 aliphatic carbocycles. The summed E-state index contributed by atoms with van der Waals surface area (Å²) in [6.07, 6.45) is -16.5. The first-order valence-electron chi connectivity index (χ1n) is 10.5. The average molecular weight is 559 g/mol. The van der Waals surface area contributed by atoms with Crippen LogP contribution in [0.1, 0.15) is 39.0 Å². The predicted molar refractivity (Wildman–Crippen MR) is 111 cm³/mol. The molecule has 1 aliphatic heterocycles. The highest BCUT2D eigenvalue weighted by Crippen LogP contribution is 2.45. The number of nitrogens with zero attached hydrogens (tertiary/aromatic N) is 3. The van der Waals surface area contributed by atoms with E-state index in [0.717, 1.165) is 25.2 Å². The van der Waals surface area contributed by atoms with Crippen LogP contribution in [-0.4, -0.2) is 52.7 Å². The lowest BCUT2D eigenvalue weighted by atomic mass is 9.88. The third kappa shape index (κ3) is 6.55. The first-order valence-corrected chi connectivity index (χ1v) is 10.5. The number of aromatic nitrogens is 2. The highest BCUT2D eigenvalue weighted by atomic mass is 19.4. The summed E-state index contributed by atoms with van der Waals surface area (Å²) in [6.45, 7) is -1.05. The Labute approximate surface area is 207 Å². The van der Waals surface area contributed by atoms with Crippen LogP contribution in [0.2, 0.25) is 0 Å². The summed E-state index contributed by atoms with van der Waals surface area (Å²) in [7, 11) is 1.03. The Hall–Kier alpha value is -3.79. The Kier molecular flexibility index (Phi) is 7.70. The van der Waals surface area contributed by atoms with Gasteiger partial charge in [0.05, 0.1) is 12.2 Å². The number of hydrogen-bond acceptors (Lipinski definition) is 5. The molecule has 2 heterocycles. The standard InChI is InChI=1S/C21H18F9N5O3/c1-9-5-10(3-4-11(9)18(37)31-7-14(36)32-8-19(22,23)24)16-15(21(28,29)30)17(38-34-16)12-6-13(20(25,26)27)33-35(12)2/h3-6,15,17H,7-8H2,1-2H3,(H,31,37)(H,32,36). The van der Waals surface area contributed by atoms with E-state index in [1.165, 1.54) is 6.92 Å². The van der Waals surface area contributed by atoms with Crippen LogP contribution in [-0.2, 0) is 22.9 Å². The van der Waals surface area contributed by atoms with E-state index in [-0.39, 0.29) is 16.7 Å². The van der Waals surface area contributed by atoms with Crippen LogP contribution in [0, 0.1) is 12.8 Å². The summed E-state index contributed by atoms with van der Waals surface area (Å²) >= 11 is 0. The van der Waals surface area contributed by atoms with Crippen molar-refractivity contribution in [3.8, 4) is 0 Å². The minimum absolute atomic E-state index is 0.0987. The van der Waals surface area contributed by atoms with Crippen LogP contribution in [0.3, 0.4) is 0 Å². The third-order valence-electron chi connectivity index (χ3n) is 5.37. The van der Waals surface area contributed by atoms with E-state index in [9.17, 15) is 49.1 Å². The number of benzene rings is 1. The molecule has 2 atom stereocenters. The van der Waals surface area contributed by atoms with Crippen molar-refractivity contribution in [3.63, 3.8) is 0 Å². The zero-order valence-electron chi connectivity index (χ0n) is 19.3. The Morgan fingerprint density at radius 3 is 2.21 bits per heavy atom. The second kappa shape index (κ2) is 10.2. The highest BCUT2D eigenvalue weighted by Gasteiger charge is 2.55. The zero-order chi connectivity index (χ0) is 28.6. The van der Waals surface area contributed by atoms with Crippen LogP contribution in [0.15, 0.2) is 29.4 Å². The lowest BCUT2D eigenvalue weighted by Gasteiger charge is -2.22. The lowest BCUT2D eigenvalue weighted by Crippen LogP contribution is -2.41. The fourth-order valence-electron chi connectivity index (χ4n) is 3.64. The van der Waals surface area contributed by atoms with Gasteiger partial charge >= 0.3 is 18.5 Å². The first kappa shape index (κ1) is 28.8. The van der Waals surface area contributed by atoms with Crippen LogP contribution < -0.4 is 10.6 Å². The van der Waals surface area contributed by atoms with Crippen molar-refractivity contribution in [1.82, 2.24) is 20.4 Å². The molecule has 208 valence electrons. The molecule has 2 N–H and O–H groups in total. The molecular formula is C21H18F9N5O3. The second-order valence-electron chi connectivity index (χ2n) is 8.20. The number of alkyl halides is 9. The Morgan fingerprint density at radius 2 is 1.68 bits per heavy atom. The predicted octanol–water partition coefficient (Wildman–Crippen LogP) is 3.81. The number of hydrogen-bond donors (Lipinski definition) is 2. The molecule has 1 aromatic heterocycles. The van der Waals surface area contributed by atoms with Gasteiger partial charge in [-0.05, 0) is 30.7 Å². The van der Waals surface area contributed by atoms with E-state index in [0.29, 0.717) is 10.7 Å². The Balaban J connectivity index is 1.80. The Morgan fingerprint density at radius 1 is 1.03 bits per heavy atom. The molecule has 1 aliphatic rings. The summed E-state index contributed by atoms with van der Waals surface area (Å²) in [5.74, 6) is -4.48. The zero-order valence-corrected chi connectivity index (χ0v) is 19.3. The van der Waals surface area contributed by atoms with Crippen LogP contribution in [0.25, 0.3) is 0 Å². The van der Waals surface area contributed by atoms with Gasteiger partial charge in [-0.15, -0.1) is 0 Å². The molecule has 38 heavy (non-hydrogen) atoms. The van der Waals surface area contributed by atoms with Gasteiger partial charge in [-0.2, -0.15) is 44.6 Å². The molecular weight excluding hydrogens is 541 g/mol. The summed E-state index contributed by atoms with van der Waals surface area (Å²) in [5, 5.41) is 10.3. The van der Waals surface area contributed by atoms with Crippen molar-refractivity contribution in [3.05, 3.63) is 52.3 Å². The molecule has 0 fully saturated rings. The van der Waals surface area contributed by atoms with Crippen molar-refractivity contribution >= 4 is 17.5 Å². The van der Waals surface area contributed by atoms with Gasteiger partial charge in [-0.3, -0.25) is 14.3 Å². The third-order valence-corrected chi connectivity index (χ3v) is 5.37. The molecule has 0 saturated carbocycles. The van der Waals surface area contributed by atoms with E-state index in [1.54, 1.807) is 5.32 Å². The lowest BCUT2D eigenvalue weighted by molar-refractivity contribution is -0.178. The number of halogens is 9. The summed E-state index contributed by atoms with van der Waals surface area (Å²) in [4.78, 5) is 28.7. The maximum absolute atomic E-state index is 14.0. The van der Waals surface area contributed by atoms with Gasteiger partial charge in [-0.1, -0.05) is 11.2 Å². The molecule has 0 bridgehead atoms. The van der Waals surface area contributed by atoms with Crippen LogP contribution >= 0.6 is 0 Å². The molecule has 8 nitrogen and oxygen atoms in total. The number of aryl methyl sites for hydroxylation is 2. The van der Waals surface area contributed by atoms with Crippen molar-refractivity contribution in [2.45, 2.75) is 31.6 Å². The maximum Gasteiger partial charge on any atom is 0.435 e. The monoisotopic (exact) mass is 559 g/mol. The minimum atomic E-state index is -5.00. The molecule has 3 rings (SSSR count). The van der Waals surface area contributed by atoms with Crippen molar-refractivity contribution in [2.24, 2.45) is 18.1 Å². The van der Waals surface area contributed by atoms with E-state index < -0.39 is 72.6 Å². The van der Waals surface area contributed by atoms with Crippen molar-refractivity contribution < 1.29 is 53.9 Å². The normalized spacial score (nSPS) is 18.1. The largest absolute Gasteiger partial charge is 0.435 e. The van der Waals surface area contributed by atoms with Crippen molar-refractivity contribution in [2.75, 3.05) is 13.1 Å². The molecule has 0 spiro atoms. The summed E-state index contributed by atoms with van der Waals surface area (Å²) < 4.78 is 118. The van der Waals surface area contributed by atoms with Gasteiger partial charge < -0.3 is 15.5 Å². The summed E-state index contributed by atoms with van der Waals surface area (Å²) in [6, 6.07) is 3.76. The summed E-state index contributed by atoms with van der Waals surface area (Å²) in [5.41, 5.74) is -2.72. The fraction of sp³-hybridized carbons (Fsp3) is 0.429. The van der Waals surface area contributed by atoms with E-state index >= 15 is 0 Å². The SMILES string of the molecule is Cc1cc(C2=NOC(c3cc(C(F)(F)F)nn3C)C2C(F)(F)F)ccc1C(=O)NCC(=O)NCC(F)(F)F. The Bertz CT molecular complexity index is 1250. The highest BCUT2D eigenvalue weighted by molar-refractivity contribution is 6.05. The maximum atomic E-state index is 14.0. The number of carbonyl (C=O) groups is 2. The number of oxime groups is 1. The van der Waals surface area contributed by atoms with Gasteiger partial charge in [0.25, 0.3) is 5.91 Å². The molecule has 2 aromatic rings. The smallest absolute Gasteiger partial charge is 0.385 e. The van der Waals surface area contributed by atoms with Gasteiger partial charge in [0, 0.05) is 18.2 Å². The topological polar surface area (TPSA) is 97.6 Å². The fourth-order valence-corrected chi connectivity index (χ4v) is 3.64. The number of rotatable bonds is 6. The molecule has 1 aromatic carbocycles. The van der Waals surface area contributed by atoms with Crippen LogP contribution in [0.5, 0.6) is 0 Å². The molecule has 2 amide bonds. The van der Waals surface area contributed by atoms with Crippen LogP contribution in [0.4, 0.5) is 39.5 Å². The van der Waals surface area contributed by atoms with E-state index in [4.69, 9.17) is 4.84 Å². The van der Waals surface area contributed by atoms with Gasteiger partial charge in [0.15, 0.2) is 11.8 Å². The number of nitrogens with one attached hydrogen (secondary N) is 2. The average Bonchev–Trinajstić information content (AvgIpc) is 3.39. The second-order valence-corrected chi connectivity index (χ2v) is 8.20. The minimum Gasteiger partial charge on any atom is -0.385 e. The van der Waals surface area contributed by atoms with Gasteiger partial charge in [0.1, 0.15) is 18.2 Å². The number of amides is 2. The van der Waals surface area contributed by atoms with E-state index in [1.807, 2.05) is 0 Å². The van der Waals surface area contributed by atoms with Gasteiger partial charge in [-0.25, -0.2) is 0 Å². The van der Waals surface area contributed by atoms with Gasteiger partial charge in [0.2, 0.25) is 5.91 Å². The van der Waals surface area contributed by atoms with Crippen molar-refractivity contribution in [1.29, 1.82) is 0 Å². The quantitative estimate of drug-likeness (QED) is 0.527. The molecule has 2 unspecified atom stereocenters. The van der Waals surface area contributed by atoms with E-state index in [2.05, 4.69) is 15.6 Å².